The molecule has 1 aliphatic rings. The van der Waals surface area contributed by atoms with Crippen molar-refractivity contribution in [3.63, 3.8) is 0 Å². The van der Waals surface area contributed by atoms with Crippen LogP contribution in [0.25, 0.3) is 50.0 Å². The molecule has 5 aromatic rings. The lowest BCUT2D eigenvalue weighted by molar-refractivity contribution is 0.256. The van der Waals surface area contributed by atoms with E-state index in [4.69, 9.17) is 10.7 Å². The Morgan fingerprint density at radius 2 is 1.98 bits per heavy atom. The zero-order chi connectivity index (χ0) is 30.1. The number of nitrogens with two attached hydrogens (primary N) is 1. The van der Waals surface area contributed by atoms with Crippen LogP contribution in [0.5, 0.6) is 0 Å². The summed E-state index contributed by atoms with van der Waals surface area (Å²) in [7, 11) is 4.03. The van der Waals surface area contributed by atoms with Crippen LogP contribution in [0.15, 0.2) is 84.4 Å². The third-order valence-electron chi connectivity index (χ3n) is 7.80. The molecule has 0 unspecified atom stereocenters. The predicted molar refractivity (Wildman–Crippen MR) is 177 cm³/mol. The number of likely N-dealkylation sites (tertiary alicyclic amines) is 1. The first-order valence-corrected chi connectivity index (χ1v) is 14.5. The fraction of sp³-hybridized carbons (Fsp3) is 0.235. The summed E-state index contributed by atoms with van der Waals surface area (Å²) >= 11 is 0. The number of rotatable bonds is 9. The Kier molecular flexibility index (Phi) is 7.84. The fourth-order valence-electron chi connectivity index (χ4n) is 5.55. The molecule has 1 aliphatic heterocycles. The van der Waals surface area contributed by atoms with Crippen LogP contribution in [0.2, 0.25) is 0 Å². The molecule has 0 spiro atoms. The van der Waals surface area contributed by atoms with Crippen molar-refractivity contribution in [3.8, 4) is 22.5 Å². The molecule has 0 amide bonds. The van der Waals surface area contributed by atoms with E-state index in [1.54, 1.807) is 12.1 Å². The number of allylic oxidation sites excluding steroid dienone is 1. The minimum absolute atomic E-state index is 0.175. The number of amidine groups is 1. The van der Waals surface area contributed by atoms with Crippen molar-refractivity contribution in [2.24, 2.45) is 10.7 Å². The molecule has 1 fully saturated rings. The van der Waals surface area contributed by atoms with Crippen molar-refractivity contribution in [3.05, 3.63) is 90.8 Å². The first-order chi connectivity index (χ1) is 20.8. The summed E-state index contributed by atoms with van der Waals surface area (Å²) in [5.41, 5.74) is 13.9. The average Bonchev–Trinajstić information content (AvgIpc) is 3.60. The summed E-state index contributed by atoms with van der Waals surface area (Å²) < 4.78 is 14.7. The Balaban J connectivity index is 1.36. The first-order valence-electron chi connectivity index (χ1n) is 14.5. The van der Waals surface area contributed by atoms with Gasteiger partial charge in [-0.2, -0.15) is 5.10 Å². The number of hydrogen-bond donors (Lipinski definition) is 4. The van der Waals surface area contributed by atoms with Crippen molar-refractivity contribution >= 4 is 39.0 Å². The van der Waals surface area contributed by atoms with Crippen molar-refractivity contribution in [1.29, 1.82) is 0 Å². The fourth-order valence-corrected chi connectivity index (χ4v) is 5.55. The van der Waals surface area contributed by atoms with Crippen molar-refractivity contribution in [2.75, 3.05) is 45.6 Å². The molecule has 8 nitrogen and oxygen atoms in total. The van der Waals surface area contributed by atoms with Gasteiger partial charge in [0.15, 0.2) is 0 Å². The van der Waals surface area contributed by atoms with Gasteiger partial charge in [0.1, 0.15) is 17.3 Å². The number of benzene rings is 3. The second-order valence-corrected chi connectivity index (χ2v) is 11.3. The SMILES string of the molecule is C=CC(=N/C(=C\C)c1ccc2[nH]nc(-c3cc4c(-c5cc(F)cc(NCCN(C)C)c5)cccc4[nH]3)c2c1)N1CC(N)C1. The molecule has 0 bridgehead atoms. The number of nitrogens with one attached hydrogen (secondary N) is 3. The normalized spacial score (nSPS) is 14.6. The smallest absolute Gasteiger partial charge is 0.128 e. The van der Waals surface area contributed by atoms with Crippen molar-refractivity contribution in [2.45, 2.75) is 13.0 Å². The van der Waals surface area contributed by atoms with Crippen LogP contribution >= 0.6 is 0 Å². The summed E-state index contributed by atoms with van der Waals surface area (Å²) in [4.78, 5) is 12.7. The van der Waals surface area contributed by atoms with Gasteiger partial charge < -0.3 is 25.8 Å². The van der Waals surface area contributed by atoms with Crippen LogP contribution in [0, 0.1) is 5.82 Å². The number of fused-ring (bicyclic) bond motifs is 2. The molecule has 0 saturated carbocycles. The van der Waals surface area contributed by atoms with Crippen LogP contribution in [0.3, 0.4) is 0 Å². The van der Waals surface area contributed by atoms with E-state index in [2.05, 4.69) is 49.0 Å². The average molecular weight is 577 g/mol. The Labute approximate surface area is 250 Å². The van der Waals surface area contributed by atoms with Crippen molar-refractivity contribution < 1.29 is 4.39 Å². The van der Waals surface area contributed by atoms with Gasteiger partial charge in [0.25, 0.3) is 0 Å². The van der Waals surface area contributed by atoms with Gasteiger partial charge in [-0.05, 0) is 80.7 Å². The number of aromatic nitrogens is 3. The number of nitrogens with zero attached hydrogens (tertiary/aromatic N) is 4. The van der Waals surface area contributed by atoms with Crippen LogP contribution in [-0.4, -0.2) is 77.1 Å². The summed E-state index contributed by atoms with van der Waals surface area (Å²) in [5, 5.41) is 13.2. The highest BCUT2D eigenvalue weighted by Gasteiger charge is 2.25. The molecule has 220 valence electrons. The number of aliphatic imine (C=N–C) groups is 1. The Bertz CT molecular complexity index is 1860. The Morgan fingerprint density at radius 1 is 1.14 bits per heavy atom. The van der Waals surface area contributed by atoms with Crippen LogP contribution in [-0.2, 0) is 0 Å². The zero-order valence-electron chi connectivity index (χ0n) is 24.8. The summed E-state index contributed by atoms with van der Waals surface area (Å²) in [6.45, 7) is 9.07. The molecule has 5 N–H and O–H groups in total. The molecule has 6 rings (SSSR count). The minimum atomic E-state index is -0.276. The van der Waals surface area contributed by atoms with E-state index >= 15 is 0 Å². The first kappa shape index (κ1) is 28.4. The maximum absolute atomic E-state index is 14.7. The quantitative estimate of drug-likeness (QED) is 0.126. The molecule has 3 aromatic carbocycles. The molecule has 43 heavy (non-hydrogen) atoms. The second kappa shape index (κ2) is 11.9. The molecule has 0 radical (unpaired) electrons. The third kappa shape index (κ3) is 5.82. The van der Waals surface area contributed by atoms with Gasteiger partial charge in [0, 0.05) is 59.8 Å². The van der Waals surface area contributed by atoms with E-state index in [1.165, 1.54) is 6.07 Å². The Morgan fingerprint density at radius 3 is 2.72 bits per heavy atom. The molecule has 0 atom stereocenters. The maximum atomic E-state index is 14.7. The molecule has 1 saturated heterocycles. The van der Waals surface area contributed by atoms with Gasteiger partial charge in [-0.25, -0.2) is 9.38 Å². The number of hydrogen-bond acceptors (Lipinski definition) is 5. The third-order valence-corrected chi connectivity index (χ3v) is 7.80. The number of anilines is 1. The summed E-state index contributed by atoms with van der Waals surface area (Å²) in [5.74, 6) is 0.543. The number of likely N-dealkylation sites (N-methyl/N-ethyl adjacent to an activating group) is 1. The van der Waals surface area contributed by atoms with Gasteiger partial charge in [-0.1, -0.05) is 30.9 Å². The van der Waals surface area contributed by atoms with Gasteiger partial charge in [-0.3, -0.25) is 5.10 Å². The zero-order valence-corrected chi connectivity index (χ0v) is 24.8. The molecule has 3 heterocycles. The molecule has 2 aromatic heterocycles. The predicted octanol–water partition coefficient (Wildman–Crippen LogP) is 6.08. The van der Waals surface area contributed by atoms with Gasteiger partial charge in [0.05, 0.1) is 16.9 Å². The van der Waals surface area contributed by atoms with E-state index in [0.717, 1.165) is 93.3 Å². The summed E-state index contributed by atoms with van der Waals surface area (Å²) in [6, 6.07) is 19.6. The van der Waals surface area contributed by atoms with Crippen LogP contribution in [0.1, 0.15) is 12.5 Å². The summed E-state index contributed by atoms with van der Waals surface area (Å²) in [6.07, 6.45) is 3.78. The molecule has 0 aliphatic carbocycles. The van der Waals surface area contributed by atoms with E-state index in [1.807, 2.05) is 63.5 Å². The minimum Gasteiger partial charge on any atom is -0.384 e. The molecule has 9 heteroatoms. The molecular weight excluding hydrogens is 539 g/mol. The molecular formula is C34H37FN8. The van der Waals surface area contributed by atoms with Crippen LogP contribution in [0.4, 0.5) is 10.1 Å². The van der Waals surface area contributed by atoms with E-state index in [0.29, 0.717) is 0 Å². The van der Waals surface area contributed by atoms with Crippen LogP contribution < -0.4 is 11.1 Å². The van der Waals surface area contributed by atoms with E-state index < -0.39 is 0 Å². The van der Waals surface area contributed by atoms with E-state index in [-0.39, 0.29) is 11.9 Å². The maximum Gasteiger partial charge on any atom is 0.128 e. The van der Waals surface area contributed by atoms with E-state index in [9.17, 15) is 4.39 Å². The van der Waals surface area contributed by atoms with Gasteiger partial charge in [-0.15, -0.1) is 0 Å². The highest BCUT2D eigenvalue weighted by atomic mass is 19.1. The van der Waals surface area contributed by atoms with Crippen molar-refractivity contribution in [1.82, 2.24) is 25.0 Å². The van der Waals surface area contributed by atoms with Gasteiger partial charge >= 0.3 is 0 Å². The lowest BCUT2D eigenvalue weighted by Gasteiger charge is -2.38. The standard InChI is InChI=1S/C34H37FN8/c1-5-29(39-33(6-2)43-19-24(36)20-43)21-10-11-31-28(16-21)34(41-40-31)32-18-27-26(8-7-9-30(27)38-32)22-14-23(35)17-25(15-22)37-12-13-42(3)4/h5-11,14-18,24,37-38H,2,12-13,19-20,36H2,1,3-4H3,(H,40,41)/b29-5-,39-33?. The lowest BCUT2D eigenvalue weighted by Crippen LogP contribution is -2.57. The number of halogens is 1. The highest BCUT2D eigenvalue weighted by Crippen LogP contribution is 2.36. The Hall–Kier alpha value is -4.73. The number of aromatic amines is 2. The topological polar surface area (TPSA) is 101 Å². The second-order valence-electron chi connectivity index (χ2n) is 11.3. The van der Waals surface area contributed by atoms with Gasteiger partial charge in [0.2, 0.25) is 0 Å². The highest BCUT2D eigenvalue weighted by molar-refractivity contribution is 6.02. The number of H-pyrrole nitrogens is 2. The lowest BCUT2D eigenvalue weighted by atomic mass is 10.0. The monoisotopic (exact) mass is 576 g/mol. The largest absolute Gasteiger partial charge is 0.384 e.